The third kappa shape index (κ3) is 10.7. The molecule has 0 aromatic heterocycles. The van der Waals surface area contributed by atoms with E-state index in [1.807, 2.05) is 6.07 Å². The predicted molar refractivity (Wildman–Crippen MR) is 57.4 cm³/mol. The Labute approximate surface area is 92.8 Å². The van der Waals surface area contributed by atoms with E-state index in [0.29, 0.717) is 13.0 Å². The van der Waals surface area contributed by atoms with Crippen LogP contribution in [-0.2, 0) is 9.59 Å². The fourth-order valence-corrected chi connectivity index (χ4v) is 1.40. The summed E-state index contributed by atoms with van der Waals surface area (Å²) in [6, 6.07) is 2.02. The first-order valence-electron chi connectivity index (χ1n) is 4.60. The summed E-state index contributed by atoms with van der Waals surface area (Å²) in [4.78, 5) is 21.2. The number of hydrogen-bond acceptors (Lipinski definition) is 4. The minimum absolute atomic E-state index is 0.0537. The zero-order valence-corrected chi connectivity index (χ0v) is 9.18. The Kier molecular flexibility index (Phi) is 8.58. The van der Waals surface area contributed by atoms with E-state index >= 15 is 0 Å². The Morgan fingerprint density at radius 2 is 2.07 bits per heavy atom. The molecular formula is C9H14N2O3S. The van der Waals surface area contributed by atoms with Crippen LogP contribution in [0, 0.1) is 11.3 Å². The summed E-state index contributed by atoms with van der Waals surface area (Å²) in [6.07, 6.45) is 2.06. The lowest BCUT2D eigenvalue weighted by molar-refractivity contribution is -0.133. The van der Waals surface area contributed by atoms with Crippen molar-refractivity contribution in [3.8, 4) is 6.07 Å². The van der Waals surface area contributed by atoms with Crippen LogP contribution in [0.2, 0.25) is 0 Å². The van der Waals surface area contributed by atoms with Crippen molar-refractivity contribution in [1.29, 1.82) is 5.26 Å². The lowest BCUT2D eigenvalue weighted by atomic mass is 10.2. The summed E-state index contributed by atoms with van der Waals surface area (Å²) in [5, 5.41) is 19.2. The van der Waals surface area contributed by atoms with E-state index in [1.54, 1.807) is 0 Å². The van der Waals surface area contributed by atoms with Gasteiger partial charge in [0.1, 0.15) is 0 Å². The first kappa shape index (κ1) is 13.8. The van der Waals surface area contributed by atoms with Gasteiger partial charge in [0.2, 0.25) is 5.91 Å². The van der Waals surface area contributed by atoms with Crippen LogP contribution in [0.5, 0.6) is 0 Å². The highest BCUT2D eigenvalue weighted by Crippen LogP contribution is 1.98. The van der Waals surface area contributed by atoms with Crippen LogP contribution < -0.4 is 5.32 Å². The van der Waals surface area contributed by atoms with Gasteiger partial charge in [0.05, 0.1) is 17.6 Å². The number of nitrogens with one attached hydrogen (secondary N) is 1. The minimum Gasteiger partial charge on any atom is -0.481 e. The topological polar surface area (TPSA) is 90.2 Å². The molecule has 1 amide bonds. The molecule has 15 heavy (non-hydrogen) atoms. The van der Waals surface area contributed by atoms with Crippen molar-refractivity contribution in [2.24, 2.45) is 0 Å². The van der Waals surface area contributed by atoms with E-state index in [4.69, 9.17) is 10.4 Å². The summed E-state index contributed by atoms with van der Waals surface area (Å²) in [6.45, 7) is 0.550. The summed E-state index contributed by atoms with van der Waals surface area (Å²) in [5.74, 6) is -0.952. The maximum absolute atomic E-state index is 11.1. The van der Waals surface area contributed by atoms with Crippen LogP contribution in [0.4, 0.5) is 0 Å². The minimum atomic E-state index is -0.915. The largest absolute Gasteiger partial charge is 0.481 e. The van der Waals surface area contributed by atoms with Crippen molar-refractivity contribution in [3.05, 3.63) is 0 Å². The monoisotopic (exact) mass is 230 g/mol. The number of nitriles is 1. The van der Waals surface area contributed by atoms with Crippen LogP contribution in [0.25, 0.3) is 0 Å². The molecule has 0 spiro atoms. The van der Waals surface area contributed by atoms with Crippen LogP contribution in [-0.4, -0.2) is 35.0 Å². The average Bonchev–Trinajstić information content (AvgIpc) is 2.17. The number of rotatable bonds is 8. The number of thioether (sulfide) groups is 1. The molecular weight excluding hydrogens is 216 g/mol. The molecule has 0 saturated carbocycles. The lowest BCUT2D eigenvalue weighted by Gasteiger charge is -2.02. The van der Waals surface area contributed by atoms with Crippen LogP contribution >= 0.6 is 11.8 Å². The van der Waals surface area contributed by atoms with Crippen LogP contribution in [0.1, 0.15) is 19.3 Å². The molecule has 0 aliphatic carbocycles. The second-order valence-corrected chi connectivity index (χ2v) is 3.84. The Balaban J connectivity index is 3.27. The molecule has 6 heteroatoms. The van der Waals surface area contributed by atoms with Gasteiger partial charge in [-0.05, 0) is 12.8 Å². The van der Waals surface area contributed by atoms with Gasteiger partial charge in [0.15, 0.2) is 0 Å². The molecule has 0 rings (SSSR count). The number of hydrogen-bond donors (Lipinski definition) is 2. The van der Waals surface area contributed by atoms with Gasteiger partial charge in [-0.2, -0.15) is 5.26 Å². The molecule has 0 heterocycles. The zero-order chi connectivity index (χ0) is 11.5. The van der Waals surface area contributed by atoms with Crippen molar-refractivity contribution in [1.82, 2.24) is 5.32 Å². The zero-order valence-electron chi connectivity index (χ0n) is 8.36. The fourth-order valence-electron chi connectivity index (χ4n) is 0.839. The van der Waals surface area contributed by atoms with E-state index in [1.165, 1.54) is 0 Å². The Bertz CT molecular complexity index is 250. The van der Waals surface area contributed by atoms with Gasteiger partial charge in [-0.15, -0.1) is 11.8 Å². The predicted octanol–water partition coefficient (Wildman–Crippen LogP) is 0.614. The maximum Gasteiger partial charge on any atom is 0.313 e. The van der Waals surface area contributed by atoms with Gasteiger partial charge in [0.25, 0.3) is 0 Å². The SMILES string of the molecule is N#CCCCCNC(=O)CSCC(=O)O. The molecule has 0 radical (unpaired) electrons. The molecule has 0 fully saturated rings. The number of carbonyl (C=O) groups is 2. The summed E-state index contributed by atoms with van der Waals surface area (Å²) in [7, 11) is 0. The smallest absolute Gasteiger partial charge is 0.313 e. The highest BCUT2D eigenvalue weighted by atomic mass is 32.2. The summed E-state index contributed by atoms with van der Waals surface area (Å²) in [5.41, 5.74) is 0. The van der Waals surface area contributed by atoms with Gasteiger partial charge >= 0.3 is 5.97 Å². The first-order chi connectivity index (χ1) is 7.16. The number of aliphatic carboxylic acids is 1. The van der Waals surface area contributed by atoms with Gasteiger partial charge in [-0.25, -0.2) is 0 Å². The molecule has 0 atom stereocenters. The molecule has 84 valence electrons. The lowest BCUT2D eigenvalue weighted by Crippen LogP contribution is -2.26. The molecule has 0 aliphatic heterocycles. The van der Waals surface area contributed by atoms with Crippen LogP contribution in [0.15, 0.2) is 0 Å². The number of carboxylic acids is 1. The highest BCUT2D eigenvalue weighted by molar-refractivity contribution is 8.00. The number of unbranched alkanes of at least 4 members (excludes halogenated alkanes) is 2. The molecule has 0 aliphatic rings. The standard InChI is InChI=1S/C9H14N2O3S/c10-4-2-1-3-5-11-8(12)6-15-7-9(13)14/h1-3,5-7H2,(H,11,12)(H,13,14). The quantitative estimate of drug-likeness (QED) is 0.596. The fraction of sp³-hybridized carbons (Fsp3) is 0.667. The maximum atomic E-state index is 11.1. The normalized spacial score (nSPS) is 9.27. The van der Waals surface area contributed by atoms with Crippen molar-refractivity contribution in [2.45, 2.75) is 19.3 Å². The van der Waals surface area contributed by atoms with Gasteiger partial charge in [0, 0.05) is 13.0 Å². The molecule has 0 unspecified atom stereocenters. The van der Waals surface area contributed by atoms with E-state index in [2.05, 4.69) is 5.32 Å². The van der Waals surface area contributed by atoms with E-state index < -0.39 is 5.97 Å². The molecule has 2 N–H and O–H groups in total. The molecule has 0 bridgehead atoms. The van der Waals surface area contributed by atoms with Crippen molar-refractivity contribution < 1.29 is 14.7 Å². The van der Waals surface area contributed by atoms with Crippen molar-refractivity contribution >= 4 is 23.6 Å². The number of amides is 1. The second kappa shape index (κ2) is 9.34. The van der Waals surface area contributed by atoms with Crippen LogP contribution in [0.3, 0.4) is 0 Å². The molecule has 0 aromatic rings. The van der Waals surface area contributed by atoms with Crippen molar-refractivity contribution in [2.75, 3.05) is 18.1 Å². The molecule has 0 aromatic carbocycles. The summed E-state index contributed by atoms with van der Waals surface area (Å²) < 4.78 is 0. The van der Waals surface area contributed by atoms with Gasteiger partial charge in [-0.3, -0.25) is 9.59 Å². The number of carbonyl (C=O) groups excluding carboxylic acids is 1. The highest BCUT2D eigenvalue weighted by Gasteiger charge is 2.02. The Morgan fingerprint density at radius 3 is 2.67 bits per heavy atom. The Hall–Kier alpha value is -1.22. The third-order valence-corrected chi connectivity index (χ3v) is 2.41. The van der Waals surface area contributed by atoms with Gasteiger partial charge < -0.3 is 10.4 Å². The number of carboxylic acid groups (broad SMARTS) is 1. The Morgan fingerprint density at radius 1 is 1.33 bits per heavy atom. The third-order valence-electron chi connectivity index (χ3n) is 1.50. The molecule has 0 saturated heterocycles. The number of nitrogens with zero attached hydrogens (tertiary/aromatic N) is 1. The molecule has 5 nitrogen and oxygen atoms in total. The first-order valence-corrected chi connectivity index (χ1v) is 5.75. The van der Waals surface area contributed by atoms with E-state index in [-0.39, 0.29) is 17.4 Å². The van der Waals surface area contributed by atoms with E-state index in [0.717, 1.165) is 24.6 Å². The van der Waals surface area contributed by atoms with Gasteiger partial charge in [-0.1, -0.05) is 0 Å². The average molecular weight is 230 g/mol. The van der Waals surface area contributed by atoms with E-state index in [9.17, 15) is 9.59 Å². The van der Waals surface area contributed by atoms with Crippen molar-refractivity contribution in [3.63, 3.8) is 0 Å². The summed E-state index contributed by atoms with van der Waals surface area (Å²) >= 11 is 1.07. The second-order valence-electron chi connectivity index (χ2n) is 2.85.